The zero-order valence-corrected chi connectivity index (χ0v) is 15.6. The number of hydrogen-bond donors (Lipinski definition) is 0. The van der Waals surface area contributed by atoms with Gasteiger partial charge in [0.15, 0.2) is 0 Å². The first kappa shape index (κ1) is 17.6. The van der Waals surface area contributed by atoms with Gasteiger partial charge in [0, 0.05) is 11.1 Å². The Morgan fingerprint density at radius 2 is 1.41 bits per heavy atom. The van der Waals surface area contributed by atoms with Crippen LogP contribution in [0, 0.1) is 0 Å². The van der Waals surface area contributed by atoms with Crippen molar-refractivity contribution in [1.29, 1.82) is 0 Å². The number of halogens is 2. The minimum Gasteiger partial charge on any atom is -0.489 e. The second kappa shape index (κ2) is 7.82. The Bertz CT molecular complexity index is 1050. The van der Waals surface area contributed by atoms with E-state index in [1.165, 1.54) is 0 Å². The first-order valence-corrected chi connectivity index (χ1v) is 9.01. The molecule has 0 saturated heterocycles. The molecular formula is C21H14Cl2N2O2. The maximum absolute atomic E-state index is 6.02. The monoisotopic (exact) mass is 396 g/mol. The molecule has 4 nitrogen and oxygen atoms in total. The van der Waals surface area contributed by atoms with Crippen LogP contribution in [0.4, 0.5) is 0 Å². The van der Waals surface area contributed by atoms with Crippen LogP contribution in [0.25, 0.3) is 22.9 Å². The molecule has 0 unspecified atom stereocenters. The second-order valence-electron chi connectivity index (χ2n) is 5.84. The van der Waals surface area contributed by atoms with Crippen molar-refractivity contribution in [3.05, 3.63) is 88.4 Å². The molecule has 0 saturated carbocycles. The third kappa shape index (κ3) is 4.13. The third-order valence-corrected chi connectivity index (χ3v) is 4.68. The lowest BCUT2D eigenvalue weighted by Crippen LogP contribution is -1.95. The van der Waals surface area contributed by atoms with Crippen LogP contribution in [-0.2, 0) is 6.61 Å². The minimum atomic E-state index is 0.398. The van der Waals surface area contributed by atoms with Gasteiger partial charge in [-0.1, -0.05) is 47.5 Å². The van der Waals surface area contributed by atoms with Crippen molar-refractivity contribution in [3.8, 4) is 28.7 Å². The maximum Gasteiger partial charge on any atom is 0.248 e. The Morgan fingerprint density at radius 3 is 2.07 bits per heavy atom. The van der Waals surface area contributed by atoms with Gasteiger partial charge in [0.05, 0.1) is 10.0 Å². The molecule has 1 heterocycles. The summed E-state index contributed by atoms with van der Waals surface area (Å²) in [6.07, 6.45) is 0. The third-order valence-electron chi connectivity index (χ3n) is 3.94. The minimum absolute atomic E-state index is 0.398. The van der Waals surface area contributed by atoms with E-state index in [0.29, 0.717) is 28.4 Å². The molecule has 0 aliphatic rings. The molecule has 0 aliphatic heterocycles. The van der Waals surface area contributed by atoms with Gasteiger partial charge in [-0.15, -0.1) is 10.2 Å². The van der Waals surface area contributed by atoms with Gasteiger partial charge in [-0.2, -0.15) is 0 Å². The fourth-order valence-electron chi connectivity index (χ4n) is 2.53. The second-order valence-corrected chi connectivity index (χ2v) is 6.65. The smallest absolute Gasteiger partial charge is 0.248 e. The summed E-state index contributed by atoms with van der Waals surface area (Å²) in [4.78, 5) is 0. The molecule has 134 valence electrons. The van der Waals surface area contributed by atoms with Crippen LogP contribution < -0.4 is 4.74 Å². The summed E-state index contributed by atoms with van der Waals surface area (Å²) in [5, 5.41) is 9.26. The molecule has 0 bridgehead atoms. The van der Waals surface area contributed by atoms with Gasteiger partial charge in [0.1, 0.15) is 12.4 Å². The van der Waals surface area contributed by atoms with Crippen molar-refractivity contribution in [3.63, 3.8) is 0 Å². The summed E-state index contributed by atoms with van der Waals surface area (Å²) in [7, 11) is 0. The van der Waals surface area contributed by atoms with Gasteiger partial charge < -0.3 is 9.15 Å². The summed E-state index contributed by atoms with van der Waals surface area (Å²) < 4.78 is 11.5. The molecular weight excluding hydrogens is 383 g/mol. The van der Waals surface area contributed by atoms with E-state index in [1.54, 1.807) is 12.1 Å². The topological polar surface area (TPSA) is 48.2 Å². The van der Waals surface area contributed by atoms with Gasteiger partial charge in [0.25, 0.3) is 0 Å². The highest BCUT2D eigenvalue weighted by atomic mass is 35.5. The molecule has 4 rings (SSSR count). The van der Waals surface area contributed by atoms with Crippen LogP contribution >= 0.6 is 23.2 Å². The molecule has 0 spiro atoms. The van der Waals surface area contributed by atoms with Gasteiger partial charge in [0.2, 0.25) is 11.8 Å². The standard InChI is InChI=1S/C21H14Cl2N2O2/c22-18-11-6-14(12-19(18)23)13-26-17-9-7-16(8-10-17)21-25-24-20(27-21)15-4-2-1-3-5-15/h1-12H,13H2. The van der Waals surface area contributed by atoms with E-state index in [2.05, 4.69) is 10.2 Å². The van der Waals surface area contributed by atoms with Gasteiger partial charge in [-0.3, -0.25) is 0 Å². The molecule has 4 aromatic rings. The molecule has 6 heteroatoms. The van der Waals surface area contributed by atoms with Crippen LogP contribution in [0.1, 0.15) is 5.56 Å². The molecule has 0 radical (unpaired) electrons. The highest BCUT2D eigenvalue weighted by Crippen LogP contribution is 2.26. The first-order valence-electron chi connectivity index (χ1n) is 8.25. The average Bonchev–Trinajstić information content (AvgIpc) is 3.20. The lowest BCUT2D eigenvalue weighted by Gasteiger charge is -2.07. The highest BCUT2D eigenvalue weighted by Gasteiger charge is 2.10. The summed E-state index contributed by atoms with van der Waals surface area (Å²) >= 11 is 11.9. The van der Waals surface area contributed by atoms with E-state index in [1.807, 2.05) is 60.7 Å². The summed E-state index contributed by atoms with van der Waals surface area (Å²) in [6, 6.07) is 22.6. The predicted molar refractivity (Wildman–Crippen MR) is 106 cm³/mol. The van der Waals surface area contributed by atoms with Crippen molar-refractivity contribution >= 4 is 23.2 Å². The maximum atomic E-state index is 6.02. The summed E-state index contributed by atoms with van der Waals surface area (Å²) in [6.45, 7) is 0.398. The van der Waals surface area contributed by atoms with Crippen LogP contribution in [0.2, 0.25) is 10.0 Å². The van der Waals surface area contributed by atoms with E-state index in [0.717, 1.165) is 22.4 Å². The van der Waals surface area contributed by atoms with Crippen molar-refractivity contribution in [2.75, 3.05) is 0 Å². The summed E-state index contributed by atoms with van der Waals surface area (Å²) in [5.74, 6) is 1.68. The molecule has 3 aromatic carbocycles. The number of hydrogen-bond acceptors (Lipinski definition) is 4. The molecule has 0 amide bonds. The molecule has 1 aromatic heterocycles. The zero-order chi connectivity index (χ0) is 18.6. The number of benzene rings is 3. The van der Waals surface area contributed by atoms with E-state index in [4.69, 9.17) is 32.4 Å². The molecule has 0 aliphatic carbocycles. The first-order chi connectivity index (χ1) is 13.2. The number of rotatable bonds is 5. The number of aromatic nitrogens is 2. The predicted octanol–water partition coefficient (Wildman–Crippen LogP) is 6.29. The Hall–Kier alpha value is -2.82. The molecule has 0 N–H and O–H groups in total. The normalized spacial score (nSPS) is 10.7. The Kier molecular flexibility index (Phi) is 5.10. The largest absolute Gasteiger partial charge is 0.489 e. The number of nitrogens with zero attached hydrogens (tertiary/aromatic N) is 2. The van der Waals surface area contributed by atoms with Crippen LogP contribution in [0.5, 0.6) is 5.75 Å². The zero-order valence-electron chi connectivity index (χ0n) is 14.1. The molecule has 27 heavy (non-hydrogen) atoms. The van der Waals surface area contributed by atoms with Gasteiger partial charge in [-0.05, 0) is 54.1 Å². The van der Waals surface area contributed by atoms with E-state index >= 15 is 0 Å². The lowest BCUT2D eigenvalue weighted by atomic mass is 10.2. The van der Waals surface area contributed by atoms with Crippen molar-refractivity contribution in [2.24, 2.45) is 0 Å². The Morgan fingerprint density at radius 1 is 0.741 bits per heavy atom. The lowest BCUT2D eigenvalue weighted by molar-refractivity contribution is 0.306. The number of ether oxygens (including phenoxy) is 1. The SMILES string of the molecule is Clc1ccc(COc2ccc(-c3nnc(-c4ccccc4)o3)cc2)cc1Cl. The van der Waals surface area contributed by atoms with Crippen molar-refractivity contribution < 1.29 is 9.15 Å². The Balaban J connectivity index is 1.44. The van der Waals surface area contributed by atoms with Gasteiger partial charge >= 0.3 is 0 Å². The highest BCUT2D eigenvalue weighted by molar-refractivity contribution is 6.42. The fourth-order valence-corrected chi connectivity index (χ4v) is 2.85. The van der Waals surface area contributed by atoms with Crippen molar-refractivity contribution in [1.82, 2.24) is 10.2 Å². The van der Waals surface area contributed by atoms with Crippen LogP contribution in [-0.4, -0.2) is 10.2 Å². The van der Waals surface area contributed by atoms with E-state index < -0.39 is 0 Å². The molecule has 0 atom stereocenters. The molecule has 0 fully saturated rings. The fraction of sp³-hybridized carbons (Fsp3) is 0.0476. The summed E-state index contributed by atoms with van der Waals surface area (Å²) in [5.41, 5.74) is 2.65. The Labute approximate surface area is 166 Å². The van der Waals surface area contributed by atoms with E-state index in [9.17, 15) is 0 Å². The van der Waals surface area contributed by atoms with Gasteiger partial charge in [-0.25, -0.2) is 0 Å². The van der Waals surface area contributed by atoms with Crippen molar-refractivity contribution in [2.45, 2.75) is 6.61 Å². The quantitative estimate of drug-likeness (QED) is 0.397. The van der Waals surface area contributed by atoms with Crippen LogP contribution in [0.3, 0.4) is 0 Å². The van der Waals surface area contributed by atoms with Crippen LogP contribution in [0.15, 0.2) is 77.2 Å². The van der Waals surface area contributed by atoms with E-state index in [-0.39, 0.29) is 0 Å². The average molecular weight is 397 g/mol.